The highest BCUT2D eigenvalue weighted by atomic mass is 15.2. The molecule has 0 radical (unpaired) electrons. The van der Waals surface area contributed by atoms with Gasteiger partial charge in [0.1, 0.15) is 0 Å². The van der Waals surface area contributed by atoms with Gasteiger partial charge in [-0.2, -0.15) is 0 Å². The summed E-state index contributed by atoms with van der Waals surface area (Å²) in [5.41, 5.74) is 0. The first-order valence-electron chi connectivity index (χ1n) is 8.75. The SMILES string of the molecule is CCCNC(CN1C(C)CCC1CC)C1CCCC1. The fourth-order valence-electron chi connectivity index (χ4n) is 4.19. The lowest BCUT2D eigenvalue weighted by molar-refractivity contribution is 0.155. The highest BCUT2D eigenvalue weighted by Gasteiger charge is 2.33. The maximum atomic E-state index is 3.86. The van der Waals surface area contributed by atoms with Crippen LogP contribution in [0.4, 0.5) is 0 Å². The van der Waals surface area contributed by atoms with Crippen LogP contribution in [-0.4, -0.2) is 36.1 Å². The van der Waals surface area contributed by atoms with E-state index in [1.807, 2.05) is 0 Å². The molecule has 1 aliphatic carbocycles. The molecular formula is C17H34N2. The van der Waals surface area contributed by atoms with Crippen LogP contribution < -0.4 is 5.32 Å². The average molecular weight is 266 g/mol. The maximum Gasteiger partial charge on any atom is 0.0223 e. The van der Waals surface area contributed by atoms with Gasteiger partial charge >= 0.3 is 0 Å². The molecule has 0 aromatic rings. The topological polar surface area (TPSA) is 15.3 Å². The minimum absolute atomic E-state index is 0.747. The fraction of sp³-hybridized carbons (Fsp3) is 1.00. The minimum atomic E-state index is 0.747. The quantitative estimate of drug-likeness (QED) is 0.754. The molecule has 0 amide bonds. The number of nitrogens with one attached hydrogen (secondary N) is 1. The van der Waals surface area contributed by atoms with Crippen LogP contribution in [0.2, 0.25) is 0 Å². The standard InChI is InChI=1S/C17H34N2/c1-4-12-18-17(15-8-6-7-9-15)13-19-14(3)10-11-16(19)5-2/h14-18H,4-13H2,1-3H3. The molecule has 0 aromatic carbocycles. The van der Waals surface area contributed by atoms with E-state index in [1.165, 1.54) is 64.5 Å². The molecule has 112 valence electrons. The zero-order valence-corrected chi connectivity index (χ0v) is 13.3. The average Bonchev–Trinajstić information content (AvgIpc) is 3.05. The van der Waals surface area contributed by atoms with Crippen molar-refractivity contribution >= 4 is 0 Å². The first-order chi connectivity index (χ1) is 9.26. The van der Waals surface area contributed by atoms with E-state index in [2.05, 4.69) is 31.0 Å². The maximum absolute atomic E-state index is 3.86. The van der Waals surface area contributed by atoms with Crippen LogP contribution in [-0.2, 0) is 0 Å². The van der Waals surface area contributed by atoms with Crippen molar-refractivity contribution in [3.8, 4) is 0 Å². The van der Waals surface area contributed by atoms with Gasteiger partial charge < -0.3 is 5.32 Å². The molecule has 2 rings (SSSR count). The van der Waals surface area contributed by atoms with Gasteiger partial charge in [-0.15, -0.1) is 0 Å². The number of hydrogen-bond acceptors (Lipinski definition) is 2. The molecule has 1 heterocycles. The number of hydrogen-bond donors (Lipinski definition) is 1. The Morgan fingerprint density at radius 1 is 1.11 bits per heavy atom. The Hall–Kier alpha value is -0.0800. The number of nitrogens with zero attached hydrogens (tertiary/aromatic N) is 1. The number of likely N-dealkylation sites (tertiary alicyclic amines) is 1. The summed E-state index contributed by atoms with van der Waals surface area (Å²) in [7, 11) is 0. The van der Waals surface area contributed by atoms with Gasteiger partial charge in [-0.3, -0.25) is 4.90 Å². The molecule has 2 fully saturated rings. The summed E-state index contributed by atoms with van der Waals surface area (Å²) >= 11 is 0. The van der Waals surface area contributed by atoms with Crippen LogP contribution in [0.3, 0.4) is 0 Å². The molecule has 2 heteroatoms. The van der Waals surface area contributed by atoms with Crippen molar-refractivity contribution in [2.45, 2.75) is 90.3 Å². The molecular weight excluding hydrogens is 232 g/mol. The van der Waals surface area contributed by atoms with Crippen LogP contribution in [0.25, 0.3) is 0 Å². The zero-order chi connectivity index (χ0) is 13.7. The number of rotatable bonds is 7. The summed E-state index contributed by atoms with van der Waals surface area (Å²) in [6, 6.07) is 2.40. The molecule has 3 atom stereocenters. The van der Waals surface area contributed by atoms with Crippen molar-refractivity contribution in [3.63, 3.8) is 0 Å². The first kappa shape index (κ1) is 15.3. The van der Waals surface area contributed by atoms with Gasteiger partial charge in [-0.05, 0) is 57.9 Å². The van der Waals surface area contributed by atoms with Crippen molar-refractivity contribution in [2.24, 2.45) is 5.92 Å². The van der Waals surface area contributed by atoms with Crippen LogP contribution in [0.5, 0.6) is 0 Å². The molecule has 0 aromatic heterocycles. The third-order valence-electron chi connectivity index (χ3n) is 5.46. The Bertz CT molecular complexity index is 248. The van der Waals surface area contributed by atoms with Gasteiger partial charge in [0.15, 0.2) is 0 Å². The van der Waals surface area contributed by atoms with Crippen LogP contribution >= 0.6 is 0 Å². The lowest BCUT2D eigenvalue weighted by atomic mass is 9.96. The van der Waals surface area contributed by atoms with E-state index >= 15 is 0 Å². The molecule has 2 nitrogen and oxygen atoms in total. The van der Waals surface area contributed by atoms with E-state index in [-0.39, 0.29) is 0 Å². The highest BCUT2D eigenvalue weighted by Crippen LogP contribution is 2.31. The van der Waals surface area contributed by atoms with Gasteiger partial charge in [0, 0.05) is 24.7 Å². The highest BCUT2D eigenvalue weighted by molar-refractivity contribution is 4.90. The van der Waals surface area contributed by atoms with Crippen LogP contribution in [0, 0.1) is 5.92 Å². The largest absolute Gasteiger partial charge is 0.312 e. The fourth-order valence-corrected chi connectivity index (χ4v) is 4.19. The Morgan fingerprint density at radius 3 is 2.47 bits per heavy atom. The van der Waals surface area contributed by atoms with Gasteiger partial charge in [-0.25, -0.2) is 0 Å². The third kappa shape index (κ3) is 3.95. The Morgan fingerprint density at radius 2 is 1.84 bits per heavy atom. The lowest BCUT2D eigenvalue weighted by Gasteiger charge is -2.35. The summed E-state index contributed by atoms with van der Waals surface area (Å²) in [6.45, 7) is 9.57. The summed E-state index contributed by atoms with van der Waals surface area (Å²) in [5.74, 6) is 0.942. The smallest absolute Gasteiger partial charge is 0.0223 e. The van der Waals surface area contributed by atoms with Crippen molar-refractivity contribution in [2.75, 3.05) is 13.1 Å². The second kappa shape index (κ2) is 7.64. The van der Waals surface area contributed by atoms with E-state index in [9.17, 15) is 0 Å². The van der Waals surface area contributed by atoms with E-state index in [0.717, 1.165) is 24.0 Å². The summed E-state index contributed by atoms with van der Waals surface area (Å²) in [6.07, 6.45) is 11.3. The van der Waals surface area contributed by atoms with E-state index in [0.29, 0.717) is 0 Å². The van der Waals surface area contributed by atoms with Crippen molar-refractivity contribution < 1.29 is 0 Å². The molecule has 1 aliphatic heterocycles. The molecule has 1 saturated heterocycles. The Labute approximate surface area is 120 Å². The second-order valence-corrected chi connectivity index (χ2v) is 6.79. The molecule has 19 heavy (non-hydrogen) atoms. The van der Waals surface area contributed by atoms with Gasteiger partial charge in [0.2, 0.25) is 0 Å². The summed E-state index contributed by atoms with van der Waals surface area (Å²) in [4.78, 5) is 2.81. The summed E-state index contributed by atoms with van der Waals surface area (Å²) in [5, 5.41) is 3.86. The third-order valence-corrected chi connectivity index (χ3v) is 5.46. The lowest BCUT2D eigenvalue weighted by Crippen LogP contribution is -2.48. The predicted octanol–water partition coefficient (Wildman–Crippen LogP) is 3.81. The molecule has 3 unspecified atom stereocenters. The molecule has 1 N–H and O–H groups in total. The van der Waals surface area contributed by atoms with E-state index in [4.69, 9.17) is 0 Å². The van der Waals surface area contributed by atoms with Crippen molar-refractivity contribution in [1.29, 1.82) is 0 Å². The Kier molecular flexibility index (Phi) is 6.15. The van der Waals surface area contributed by atoms with Gasteiger partial charge in [-0.1, -0.05) is 26.7 Å². The molecule has 2 aliphatic rings. The van der Waals surface area contributed by atoms with Crippen molar-refractivity contribution in [3.05, 3.63) is 0 Å². The molecule has 0 spiro atoms. The van der Waals surface area contributed by atoms with E-state index in [1.54, 1.807) is 0 Å². The van der Waals surface area contributed by atoms with E-state index < -0.39 is 0 Å². The van der Waals surface area contributed by atoms with Crippen LogP contribution in [0.1, 0.15) is 72.1 Å². The Balaban J connectivity index is 1.93. The monoisotopic (exact) mass is 266 g/mol. The van der Waals surface area contributed by atoms with Gasteiger partial charge in [0.25, 0.3) is 0 Å². The molecule has 1 saturated carbocycles. The minimum Gasteiger partial charge on any atom is -0.312 e. The van der Waals surface area contributed by atoms with Gasteiger partial charge in [0.05, 0.1) is 0 Å². The first-order valence-corrected chi connectivity index (χ1v) is 8.75. The predicted molar refractivity (Wildman–Crippen MR) is 83.5 cm³/mol. The molecule has 0 bridgehead atoms. The zero-order valence-electron chi connectivity index (χ0n) is 13.3. The second-order valence-electron chi connectivity index (χ2n) is 6.79. The van der Waals surface area contributed by atoms with Crippen molar-refractivity contribution in [1.82, 2.24) is 10.2 Å². The normalized spacial score (nSPS) is 31.1. The van der Waals surface area contributed by atoms with Crippen LogP contribution in [0.15, 0.2) is 0 Å². The summed E-state index contributed by atoms with van der Waals surface area (Å²) < 4.78 is 0.